The lowest BCUT2D eigenvalue weighted by atomic mass is 10.1. The first-order valence-electron chi connectivity index (χ1n) is 10.5. The van der Waals surface area contributed by atoms with Crippen molar-refractivity contribution in [3.05, 3.63) is 59.3 Å². The summed E-state index contributed by atoms with van der Waals surface area (Å²) in [6.45, 7) is 11.2. The Kier molecular flexibility index (Phi) is 5.94. The van der Waals surface area contributed by atoms with E-state index in [1.807, 2.05) is 16.8 Å². The summed E-state index contributed by atoms with van der Waals surface area (Å²) in [6, 6.07) is 10.8. The molecule has 1 atom stereocenters. The van der Waals surface area contributed by atoms with E-state index < -0.39 is 0 Å². The van der Waals surface area contributed by atoms with E-state index in [1.54, 1.807) is 6.26 Å². The van der Waals surface area contributed by atoms with Crippen molar-refractivity contribution in [2.24, 2.45) is 0 Å². The van der Waals surface area contributed by atoms with Gasteiger partial charge in [-0.25, -0.2) is 4.68 Å². The molecule has 29 heavy (non-hydrogen) atoms. The number of furan rings is 1. The first-order chi connectivity index (χ1) is 14.2. The molecule has 7 nitrogen and oxygen atoms in total. The van der Waals surface area contributed by atoms with E-state index in [-0.39, 0.29) is 6.04 Å². The zero-order chi connectivity index (χ0) is 20.2. The summed E-state index contributed by atoms with van der Waals surface area (Å²) in [4.78, 5) is 5.04. The SMILES string of the molecule is CCC[C@@H](c1nnnn1Cc1ccco1)N1CCN(c2cc(C)ccc2C)CC1. The minimum atomic E-state index is 0.228. The average Bonchev–Trinajstić information content (AvgIpc) is 3.41. The molecule has 3 aromatic rings. The third-order valence-electron chi connectivity index (χ3n) is 5.77. The van der Waals surface area contributed by atoms with Crippen LogP contribution in [0.1, 0.15) is 48.5 Å². The van der Waals surface area contributed by atoms with Gasteiger partial charge in [0.15, 0.2) is 5.82 Å². The Bertz CT molecular complexity index is 911. The molecular weight excluding hydrogens is 364 g/mol. The van der Waals surface area contributed by atoms with Crippen molar-refractivity contribution in [1.29, 1.82) is 0 Å². The second-order valence-electron chi connectivity index (χ2n) is 7.89. The van der Waals surface area contributed by atoms with Crippen LogP contribution in [0, 0.1) is 13.8 Å². The number of tetrazole rings is 1. The normalized spacial score (nSPS) is 16.3. The van der Waals surface area contributed by atoms with Crippen molar-refractivity contribution < 1.29 is 4.42 Å². The van der Waals surface area contributed by atoms with Crippen LogP contribution in [0.4, 0.5) is 5.69 Å². The van der Waals surface area contributed by atoms with Crippen LogP contribution in [0.25, 0.3) is 0 Å². The minimum Gasteiger partial charge on any atom is -0.467 e. The Morgan fingerprint density at radius 3 is 2.66 bits per heavy atom. The van der Waals surface area contributed by atoms with Crippen molar-refractivity contribution in [1.82, 2.24) is 25.1 Å². The van der Waals surface area contributed by atoms with Gasteiger partial charge in [0.25, 0.3) is 0 Å². The molecule has 0 saturated carbocycles. The van der Waals surface area contributed by atoms with Crippen LogP contribution in [0.3, 0.4) is 0 Å². The molecule has 1 saturated heterocycles. The molecule has 0 bridgehead atoms. The highest BCUT2D eigenvalue weighted by molar-refractivity contribution is 5.55. The molecule has 154 valence electrons. The Labute approximate surface area is 172 Å². The fraction of sp³-hybridized carbons (Fsp3) is 0.500. The number of hydrogen-bond donors (Lipinski definition) is 0. The standard InChI is InChI=1S/C22H30N6O/c1-4-6-20(22-23-24-25-28(22)16-19-7-5-14-29-19)26-10-12-27(13-11-26)21-15-17(2)8-9-18(21)3/h5,7-9,14-15,20H,4,6,10-13,16H2,1-3H3/t20-/m0/s1. The van der Waals surface area contributed by atoms with Crippen LogP contribution in [-0.2, 0) is 6.54 Å². The van der Waals surface area contributed by atoms with Gasteiger partial charge in [0.2, 0.25) is 0 Å². The van der Waals surface area contributed by atoms with Gasteiger partial charge in [-0.2, -0.15) is 0 Å². The summed E-state index contributed by atoms with van der Waals surface area (Å²) in [5.74, 6) is 1.80. The van der Waals surface area contributed by atoms with Crippen LogP contribution in [-0.4, -0.2) is 51.3 Å². The van der Waals surface area contributed by atoms with E-state index in [9.17, 15) is 0 Å². The molecule has 0 amide bonds. The molecule has 1 aromatic carbocycles. The number of piperazine rings is 1. The molecule has 2 aromatic heterocycles. The fourth-order valence-electron chi connectivity index (χ4n) is 4.20. The maximum atomic E-state index is 5.49. The number of nitrogens with zero attached hydrogens (tertiary/aromatic N) is 6. The predicted molar refractivity (Wildman–Crippen MR) is 113 cm³/mol. The number of benzene rings is 1. The molecule has 3 heterocycles. The van der Waals surface area contributed by atoms with Gasteiger partial charge in [-0.15, -0.1) is 5.10 Å². The number of hydrogen-bond acceptors (Lipinski definition) is 6. The summed E-state index contributed by atoms with van der Waals surface area (Å²) in [5, 5.41) is 12.6. The lowest BCUT2D eigenvalue weighted by molar-refractivity contribution is 0.164. The van der Waals surface area contributed by atoms with E-state index in [1.165, 1.54) is 16.8 Å². The third-order valence-corrected chi connectivity index (χ3v) is 5.77. The van der Waals surface area contributed by atoms with Gasteiger partial charge in [-0.05, 0) is 60.0 Å². The van der Waals surface area contributed by atoms with E-state index in [2.05, 4.69) is 64.3 Å². The molecule has 1 aliphatic rings. The van der Waals surface area contributed by atoms with Crippen LogP contribution in [0.5, 0.6) is 0 Å². The number of aromatic nitrogens is 4. The Hall–Kier alpha value is -2.67. The molecule has 0 radical (unpaired) electrons. The quantitative estimate of drug-likeness (QED) is 0.610. The lowest BCUT2D eigenvalue weighted by Gasteiger charge is -2.40. The highest BCUT2D eigenvalue weighted by atomic mass is 16.3. The smallest absolute Gasteiger partial charge is 0.168 e. The second-order valence-corrected chi connectivity index (χ2v) is 7.89. The van der Waals surface area contributed by atoms with Gasteiger partial charge in [0.1, 0.15) is 12.3 Å². The monoisotopic (exact) mass is 394 g/mol. The van der Waals surface area contributed by atoms with Gasteiger partial charge < -0.3 is 9.32 Å². The molecule has 0 spiro atoms. The molecule has 0 unspecified atom stereocenters. The molecule has 4 rings (SSSR count). The molecule has 7 heteroatoms. The Morgan fingerprint density at radius 1 is 1.10 bits per heavy atom. The molecular formula is C22H30N6O. The minimum absolute atomic E-state index is 0.228. The van der Waals surface area contributed by atoms with Crippen molar-refractivity contribution in [3.63, 3.8) is 0 Å². The number of anilines is 1. The zero-order valence-corrected chi connectivity index (χ0v) is 17.6. The van der Waals surface area contributed by atoms with Crippen molar-refractivity contribution in [3.8, 4) is 0 Å². The molecule has 1 aliphatic heterocycles. The predicted octanol–water partition coefficient (Wildman–Crippen LogP) is 3.59. The second kappa shape index (κ2) is 8.78. The van der Waals surface area contributed by atoms with Crippen LogP contribution in [0.2, 0.25) is 0 Å². The Balaban J connectivity index is 1.48. The summed E-state index contributed by atoms with van der Waals surface area (Å²) in [6.07, 6.45) is 3.83. The highest BCUT2D eigenvalue weighted by Crippen LogP contribution is 2.28. The summed E-state index contributed by atoms with van der Waals surface area (Å²) >= 11 is 0. The first-order valence-corrected chi connectivity index (χ1v) is 10.5. The molecule has 0 aliphatic carbocycles. The van der Waals surface area contributed by atoms with Gasteiger partial charge in [0.05, 0.1) is 12.3 Å². The molecule has 1 fully saturated rings. The summed E-state index contributed by atoms with van der Waals surface area (Å²) in [7, 11) is 0. The topological polar surface area (TPSA) is 63.2 Å². The fourth-order valence-corrected chi connectivity index (χ4v) is 4.20. The van der Waals surface area contributed by atoms with E-state index in [0.717, 1.165) is 50.6 Å². The van der Waals surface area contributed by atoms with Gasteiger partial charge >= 0.3 is 0 Å². The van der Waals surface area contributed by atoms with Crippen LogP contribution < -0.4 is 4.90 Å². The summed E-state index contributed by atoms with van der Waals surface area (Å²) in [5.41, 5.74) is 4.02. The molecule has 0 N–H and O–H groups in total. The maximum absolute atomic E-state index is 5.49. The largest absolute Gasteiger partial charge is 0.467 e. The number of aryl methyl sites for hydroxylation is 2. The van der Waals surface area contributed by atoms with E-state index in [4.69, 9.17) is 4.42 Å². The van der Waals surface area contributed by atoms with Crippen LogP contribution >= 0.6 is 0 Å². The van der Waals surface area contributed by atoms with Gasteiger partial charge in [-0.1, -0.05) is 25.5 Å². The highest BCUT2D eigenvalue weighted by Gasteiger charge is 2.29. The average molecular weight is 395 g/mol. The zero-order valence-electron chi connectivity index (χ0n) is 17.6. The van der Waals surface area contributed by atoms with E-state index >= 15 is 0 Å². The lowest BCUT2D eigenvalue weighted by Crippen LogP contribution is -2.48. The maximum Gasteiger partial charge on any atom is 0.168 e. The van der Waals surface area contributed by atoms with Crippen molar-refractivity contribution in [2.75, 3.05) is 31.1 Å². The van der Waals surface area contributed by atoms with Crippen LogP contribution in [0.15, 0.2) is 41.0 Å². The van der Waals surface area contributed by atoms with Crippen molar-refractivity contribution in [2.45, 2.75) is 46.2 Å². The Morgan fingerprint density at radius 2 is 1.93 bits per heavy atom. The van der Waals surface area contributed by atoms with Crippen molar-refractivity contribution >= 4 is 5.69 Å². The van der Waals surface area contributed by atoms with Gasteiger partial charge in [-0.3, -0.25) is 4.90 Å². The van der Waals surface area contributed by atoms with E-state index in [0.29, 0.717) is 6.54 Å². The summed E-state index contributed by atoms with van der Waals surface area (Å²) < 4.78 is 7.38. The third kappa shape index (κ3) is 4.34. The first kappa shape index (κ1) is 19.6. The van der Waals surface area contributed by atoms with Gasteiger partial charge in [0, 0.05) is 31.9 Å². The number of rotatable bonds is 7.